The molecule has 0 aliphatic carbocycles. The van der Waals surface area contributed by atoms with Crippen LogP contribution in [0.5, 0.6) is 5.75 Å². The zero-order valence-electron chi connectivity index (χ0n) is 9.94. The summed E-state index contributed by atoms with van der Waals surface area (Å²) in [6, 6.07) is 13.9. The van der Waals surface area contributed by atoms with Crippen molar-refractivity contribution in [2.24, 2.45) is 0 Å². The first-order valence-corrected chi connectivity index (χ1v) is 6.43. The van der Waals surface area contributed by atoms with Crippen LogP contribution in [-0.4, -0.2) is 11.7 Å². The normalized spacial score (nSPS) is 13.7. The minimum atomic E-state index is 0.198. The Morgan fingerprint density at radius 1 is 1.11 bits per heavy atom. The Morgan fingerprint density at radius 3 is 2.83 bits per heavy atom. The molecule has 2 aromatic rings. The van der Waals surface area contributed by atoms with Crippen LogP contribution in [-0.2, 0) is 13.0 Å². The summed E-state index contributed by atoms with van der Waals surface area (Å²) in [5.41, 5.74) is 3.51. The molecule has 0 unspecified atom stereocenters. The van der Waals surface area contributed by atoms with Gasteiger partial charge in [-0.25, -0.2) is 0 Å². The van der Waals surface area contributed by atoms with Crippen LogP contribution < -0.4 is 4.90 Å². The molecule has 18 heavy (non-hydrogen) atoms. The van der Waals surface area contributed by atoms with E-state index in [1.165, 1.54) is 11.3 Å². The highest BCUT2D eigenvalue weighted by atomic mass is 35.5. The van der Waals surface area contributed by atoms with E-state index in [2.05, 4.69) is 29.2 Å². The molecule has 92 valence electrons. The maximum atomic E-state index is 9.95. The Morgan fingerprint density at radius 2 is 1.94 bits per heavy atom. The summed E-state index contributed by atoms with van der Waals surface area (Å²) >= 11 is 5.93. The Hall–Kier alpha value is -1.67. The quantitative estimate of drug-likeness (QED) is 0.891. The van der Waals surface area contributed by atoms with Crippen LogP contribution in [0.1, 0.15) is 11.1 Å². The monoisotopic (exact) mass is 259 g/mol. The van der Waals surface area contributed by atoms with E-state index in [-0.39, 0.29) is 5.75 Å². The van der Waals surface area contributed by atoms with E-state index in [0.717, 1.165) is 18.5 Å². The molecule has 0 aromatic heterocycles. The maximum Gasteiger partial charge on any atom is 0.139 e. The lowest BCUT2D eigenvalue weighted by Crippen LogP contribution is -2.19. The van der Waals surface area contributed by atoms with Crippen LogP contribution >= 0.6 is 11.6 Å². The summed E-state index contributed by atoms with van der Waals surface area (Å²) < 4.78 is 0. The molecule has 0 amide bonds. The van der Waals surface area contributed by atoms with Crippen LogP contribution in [0, 0.1) is 0 Å². The number of hydrogen-bond acceptors (Lipinski definition) is 2. The van der Waals surface area contributed by atoms with Crippen molar-refractivity contribution in [3.05, 3.63) is 58.6 Å². The van der Waals surface area contributed by atoms with Gasteiger partial charge in [-0.15, -0.1) is 0 Å². The van der Waals surface area contributed by atoms with Crippen molar-refractivity contribution in [3.63, 3.8) is 0 Å². The van der Waals surface area contributed by atoms with E-state index in [1.807, 2.05) is 12.1 Å². The topological polar surface area (TPSA) is 23.5 Å². The number of fused-ring (bicyclic) bond motifs is 1. The van der Waals surface area contributed by atoms with E-state index in [4.69, 9.17) is 11.6 Å². The summed E-state index contributed by atoms with van der Waals surface area (Å²) in [6.45, 7) is 1.69. The fourth-order valence-electron chi connectivity index (χ4n) is 2.46. The lowest BCUT2D eigenvalue weighted by Gasteiger charge is -2.20. The molecule has 1 heterocycles. The average molecular weight is 260 g/mol. The standard InChI is InChI=1S/C15H14ClNO/c16-13-6-3-5-12(15(13)18)10-17-9-8-11-4-1-2-7-14(11)17/h1-7,18H,8-10H2. The number of halogens is 1. The first kappa shape index (κ1) is 11.4. The number of nitrogens with zero attached hydrogens (tertiary/aromatic N) is 1. The second-order valence-corrected chi connectivity index (χ2v) is 4.96. The maximum absolute atomic E-state index is 9.95. The van der Waals surface area contributed by atoms with Crippen molar-refractivity contribution in [3.8, 4) is 5.75 Å². The number of benzene rings is 2. The van der Waals surface area contributed by atoms with E-state index in [1.54, 1.807) is 6.07 Å². The highest BCUT2D eigenvalue weighted by molar-refractivity contribution is 6.32. The van der Waals surface area contributed by atoms with Crippen LogP contribution in [0.25, 0.3) is 0 Å². The van der Waals surface area contributed by atoms with E-state index < -0.39 is 0 Å². The molecule has 2 nitrogen and oxygen atoms in total. The SMILES string of the molecule is Oc1c(Cl)cccc1CN1CCc2ccccc21. The lowest BCUT2D eigenvalue weighted by atomic mass is 10.1. The van der Waals surface area contributed by atoms with Gasteiger partial charge < -0.3 is 10.0 Å². The van der Waals surface area contributed by atoms with Gasteiger partial charge in [0.15, 0.2) is 0 Å². The van der Waals surface area contributed by atoms with Gasteiger partial charge in [-0.1, -0.05) is 41.9 Å². The number of hydrogen-bond donors (Lipinski definition) is 1. The predicted molar refractivity (Wildman–Crippen MR) is 74.3 cm³/mol. The van der Waals surface area contributed by atoms with Crippen molar-refractivity contribution in [1.29, 1.82) is 0 Å². The number of aromatic hydroxyl groups is 1. The van der Waals surface area contributed by atoms with Gasteiger partial charge in [-0.05, 0) is 24.1 Å². The first-order valence-electron chi connectivity index (χ1n) is 6.05. The fraction of sp³-hybridized carbons (Fsp3) is 0.200. The van der Waals surface area contributed by atoms with E-state index in [0.29, 0.717) is 11.6 Å². The fourth-order valence-corrected chi connectivity index (χ4v) is 2.66. The molecule has 1 N–H and O–H groups in total. The minimum absolute atomic E-state index is 0.198. The molecule has 0 atom stereocenters. The lowest BCUT2D eigenvalue weighted by molar-refractivity contribution is 0.467. The molecule has 0 saturated carbocycles. The zero-order chi connectivity index (χ0) is 12.5. The Balaban J connectivity index is 1.89. The molecule has 0 bridgehead atoms. The second kappa shape index (κ2) is 4.54. The number of para-hydroxylation sites is 2. The van der Waals surface area contributed by atoms with E-state index >= 15 is 0 Å². The van der Waals surface area contributed by atoms with Crippen LogP contribution in [0.2, 0.25) is 5.02 Å². The second-order valence-electron chi connectivity index (χ2n) is 4.55. The van der Waals surface area contributed by atoms with Crippen molar-refractivity contribution in [1.82, 2.24) is 0 Å². The third-order valence-corrected chi connectivity index (χ3v) is 3.72. The summed E-state index contributed by atoms with van der Waals surface area (Å²) in [5.74, 6) is 0.198. The summed E-state index contributed by atoms with van der Waals surface area (Å²) in [5, 5.41) is 10.4. The number of phenolic OH excluding ortho intramolecular Hbond substituents is 1. The molecule has 0 radical (unpaired) electrons. The third kappa shape index (κ3) is 1.93. The summed E-state index contributed by atoms with van der Waals surface area (Å²) in [6.07, 6.45) is 1.07. The van der Waals surface area contributed by atoms with Gasteiger partial charge in [0.2, 0.25) is 0 Å². The van der Waals surface area contributed by atoms with Crippen LogP contribution in [0.4, 0.5) is 5.69 Å². The van der Waals surface area contributed by atoms with Crippen molar-refractivity contribution >= 4 is 17.3 Å². The highest BCUT2D eigenvalue weighted by Gasteiger charge is 2.19. The molecule has 3 heteroatoms. The van der Waals surface area contributed by atoms with Gasteiger partial charge in [0.25, 0.3) is 0 Å². The third-order valence-electron chi connectivity index (χ3n) is 3.41. The van der Waals surface area contributed by atoms with Gasteiger partial charge in [-0.2, -0.15) is 0 Å². The van der Waals surface area contributed by atoms with Crippen molar-refractivity contribution < 1.29 is 5.11 Å². The molecular formula is C15H14ClNO. The van der Waals surface area contributed by atoms with Crippen LogP contribution in [0.15, 0.2) is 42.5 Å². The molecule has 0 saturated heterocycles. The van der Waals surface area contributed by atoms with Gasteiger partial charge in [0, 0.05) is 24.3 Å². The Bertz CT molecular complexity index is 582. The first-order chi connectivity index (χ1) is 8.75. The number of rotatable bonds is 2. The zero-order valence-corrected chi connectivity index (χ0v) is 10.7. The van der Waals surface area contributed by atoms with E-state index in [9.17, 15) is 5.11 Å². The highest BCUT2D eigenvalue weighted by Crippen LogP contribution is 2.32. The molecule has 1 aliphatic rings. The Labute approximate surface area is 111 Å². The summed E-state index contributed by atoms with van der Waals surface area (Å²) in [7, 11) is 0. The predicted octanol–water partition coefficient (Wildman–Crippen LogP) is 3.61. The number of phenols is 1. The molecular weight excluding hydrogens is 246 g/mol. The molecule has 3 rings (SSSR count). The average Bonchev–Trinajstić information content (AvgIpc) is 2.79. The van der Waals surface area contributed by atoms with Gasteiger partial charge in [-0.3, -0.25) is 0 Å². The number of anilines is 1. The largest absolute Gasteiger partial charge is 0.506 e. The summed E-state index contributed by atoms with van der Waals surface area (Å²) in [4.78, 5) is 2.28. The molecule has 1 aliphatic heterocycles. The smallest absolute Gasteiger partial charge is 0.139 e. The molecule has 0 spiro atoms. The molecule has 2 aromatic carbocycles. The van der Waals surface area contributed by atoms with Gasteiger partial charge in [0.1, 0.15) is 5.75 Å². The molecule has 0 fully saturated rings. The van der Waals surface area contributed by atoms with Crippen molar-refractivity contribution in [2.45, 2.75) is 13.0 Å². The van der Waals surface area contributed by atoms with Gasteiger partial charge in [0.05, 0.1) is 5.02 Å². The van der Waals surface area contributed by atoms with Crippen molar-refractivity contribution in [2.75, 3.05) is 11.4 Å². The minimum Gasteiger partial charge on any atom is -0.506 e. The van der Waals surface area contributed by atoms with Gasteiger partial charge >= 0.3 is 0 Å². The van der Waals surface area contributed by atoms with Crippen LogP contribution in [0.3, 0.4) is 0 Å². The Kier molecular flexibility index (Phi) is 2.88.